The van der Waals surface area contributed by atoms with Crippen LogP contribution in [0.15, 0.2) is 0 Å². The van der Waals surface area contributed by atoms with Crippen molar-refractivity contribution in [3.05, 3.63) is 0 Å². The quantitative estimate of drug-likeness (QED) is 0.668. The second kappa shape index (κ2) is 5.32. The second-order valence-corrected chi connectivity index (χ2v) is 3.87. The van der Waals surface area contributed by atoms with Crippen LogP contribution in [0.25, 0.3) is 0 Å². The lowest BCUT2D eigenvalue weighted by molar-refractivity contribution is -0.145. The van der Waals surface area contributed by atoms with Gasteiger partial charge in [-0.3, -0.25) is 4.79 Å². The number of ether oxygens (including phenoxy) is 2. The molecule has 0 aromatic carbocycles. The molecule has 1 heterocycles. The minimum absolute atomic E-state index is 0.0486. The van der Waals surface area contributed by atoms with Crippen molar-refractivity contribution in [2.75, 3.05) is 33.5 Å². The van der Waals surface area contributed by atoms with Gasteiger partial charge in [-0.1, -0.05) is 13.8 Å². The Bertz CT molecular complexity index is 192. The lowest BCUT2D eigenvalue weighted by atomic mass is 10.1. The smallest absolute Gasteiger partial charge is 0.225 e. The standard InChI is InChI=1S/C10H19NO3/c1-8(2)10(12)11-4-5-14-7-9(11)6-13-3/h8-9H,4-7H2,1-3H3. The summed E-state index contributed by atoms with van der Waals surface area (Å²) in [5.41, 5.74) is 0. The van der Waals surface area contributed by atoms with E-state index in [1.165, 1.54) is 0 Å². The predicted molar refractivity (Wildman–Crippen MR) is 53.0 cm³/mol. The average molecular weight is 201 g/mol. The van der Waals surface area contributed by atoms with Crippen LogP contribution in [-0.4, -0.2) is 50.3 Å². The normalized spacial score (nSPS) is 22.9. The highest BCUT2D eigenvalue weighted by Crippen LogP contribution is 2.11. The van der Waals surface area contributed by atoms with Gasteiger partial charge >= 0.3 is 0 Å². The van der Waals surface area contributed by atoms with Crippen LogP contribution in [0.1, 0.15) is 13.8 Å². The fraction of sp³-hybridized carbons (Fsp3) is 0.900. The fourth-order valence-corrected chi connectivity index (χ4v) is 1.61. The maximum Gasteiger partial charge on any atom is 0.225 e. The van der Waals surface area contributed by atoms with Crippen molar-refractivity contribution in [2.24, 2.45) is 5.92 Å². The molecule has 1 atom stereocenters. The highest BCUT2D eigenvalue weighted by molar-refractivity contribution is 5.78. The summed E-state index contributed by atoms with van der Waals surface area (Å²) in [5, 5.41) is 0. The average Bonchev–Trinajstić information content (AvgIpc) is 2.18. The van der Waals surface area contributed by atoms with E-state index in [1.54, 1.807) is 7.11 Å². The highest BCUT2D eigenvalue weighted by atomic mass is 16.5. The SMILES string of the molecule is COCC1COCCN1C(=O)C(C)C. The molecular formula is C10H19NO3. The second-order valence-electron chi connectivity index (χ2n) is 3.87. The molecule has 1 aliphatic heterocycles. The molecule has 0 N–H and O–H groups in total. The first-order valence-electron chi connectivity index (χ1n) is 5.04. The van der Waals surface area contributed by atoms with Crippen molar-refractivity contribution in [1.29, 1.82) is 0 Å². The first-order valence-corrected chi connectivity index (χ1v) is 5.04. The van der Waals surface area contributed by atoms with Crippen LogP contribution < -0.4 is 0 Å². The Kier molecular flexibility index (Phi) is 4.35. The number of carbonyl (C=O) groups is 1. The summed E-state index contributed by atoms with van der Waals surface area (Å²) in [7, 11) is 1.65. The minimum atomic E-state index is 0.0486. The van der Waals surface area contributed by atoms with Crippen molar-refractivity contribution in [2.45, 2.75) is 19.9 Å². The monoisotopic (exact) mass is 201 g/mol. The van der Waals surface area contributed by atoms with Gasteiger partial charge in [-0.2, -0.15) is 0 Å². The van der Waals surface area contributed by atoms with Gasteiger partial charge in [0.25, 0.3) is 0 Å². The molecule has 1 saturated heterocycles. The van der Waals surface area contributed by atoms with Crippen LogP contribution in [0, 0.1) is 5.92 Å². The Hall–Kier alpha value is -0.610. The van der Waals surface area contributed by atoms with Gasteiger partial charge in [0.2, 0.25) is 5.91 Å². The van der Waals surface area contributed by atoms with Crippen LogP contribution in [0.3, 0.4) is 0 Å². The molecule has 0 radical (unpaired) electrons. The molecule has 0 aromatic heterocycles. The molecule has 4 heteroatoms. The number of hydrogen-bond donors (Lipinski definition) is 0. The van der Waals surface area contributed by atoms with E-state index < -0.39 is 0 Å². The molecule has 0 aromatic rings. The minimum Gasteiger partial charge on any atom is -0.382 e. The maximum absolute atomic E-state index is 11.8. The van der Waals surface area contributed by atoms with Crippen molar-refractivity contribution in [3.8, 4) is 0 Å². The highest BCUT2D eigenvalue weighted by Gasteiger charge is 2.28. The van der Waals surface area contributed by atoms with Gasteiger partial charge in [-0.25, -0.2) is 0 Å². The number of nitrogens with zero attached hydrogens (tertiary/aromatic N) is 1. The van der Waals surface area contributed by atoms with Crippen molar-refractivity contribution in [1.82, 2.24) is 4.90 Å². The Morgan fingerprint density at radius 2 is 2.36 bits per heavy atom. The summed E-state index contributed by atoms with van der Waals surface area (Å²) in [4.78, 5) is 13.7. The number of carbonyl (C=O) groups excluding carboxylic acids is 1. The van der Waals surface area contributed by atoms with E-state index in [4.69, 9.17) is 9.47 Å². The lowest BCUT2D eigenvalue weighted by Gasteiger charge is -2.36. The van der Waals surface area contributed by atoms with Gasteiger partial charge in [-0.15, -0.1) is 0 Å². The zero-order valence-electron chi connectivity index (χ0n) is 9.16. The van der Waals surface area contributed by atoms with Crippen LogP contribution in [0.5, 0.6) is 0 Å². The lowest BCUT2D eigenvalue weighted by Crippen LogP contribution is -2.52. The van der Waals surface area contributed by atoms with Crippen LogP contribution in [0.2, 0.25) is 0 Å². The summed E-state index contributed by atoms with van der Waals surface area (Å²) in [6, 6.07) is 0.0867. The first kappa shape index (κ1) is 11.5. The summed E-state index contributed by atoms with van der Waals surface area (Å²) in [6.07, 6.45) is 0. The van der Waals surface area contributed by atoms with Crippen molar-refractivity contribution in [3.63, 3.8) is 0 Å². The zero-order chi connectivity index (χ0) is 10.6. The first-order chi connectivity index (χ1) is 6.66. The fourth-order valence-electron chi connectivity index (χ4n) is 1.61. The number of hydrogen-bond acceptors (Lipinski definition) is 3. The third-order valence-corrected chi connectivity index (χ3v) is 2.36. The molecule has 1 amide bonds. The van der Waals surface area contributed by atoms with Gasteiger partial charge in [0.05, 0.1) is 25.9 Å². The molecule has 0 aliphatic carbocycles. The molecule has 0 bridgehead atoms. The third kappa shape index (κ3) is 2.69. The summed E-state index contributed by atoms with van der Waals surface area (Å²) < 4.78 is 10.4. The maximum atomic E-state index is 11.8. The Morgan fingerprint density at radius 1 is 1.64 bits per heavy atom. The van der Waals surface area contributed by atoms with Gasteiger partial charge in [0, 0.05) is 19.6 Å². The number of rotatable bonds is 3. The van der Waals surface area contributed by atoms with Gasteiger partial charge < -0.3 is 14.4 Å². The van der Waals surface area contributed by atoms with Crippen molar-refractivity contribution < 1.29 is 14.3 Å². The molecule has 1 fully saturated rings. The summed E-state index contributed by atoms with van der Waals surface area (Å²) >= 11 is 0. The number of methoxy groups -OCH3 is 1. The topological polar surface area (TPSA) is 38.8 Å². The molecule has 4 nitrogen and oxygen atoms in total. The molecular weight excluding hydrogens is 182 g/mol. The molecule has 14 heavy (non-hydrogen) atoms. The van der Waals surface area contributed by atoms with E-state index >= 15 is 0 Å². The van der Waals surface area contributed by atoms with E-state index in [9.17, 15) is 4.79 Å². The Balaban J connectivity index is 2.57. The molecule has 0 spiro atoms. The van der Waals surface area contributed by atoms with E-state index in [1.807, 2.05) is 18.7 Å². The largest absolute Gasteiger partial charge is 0.382 e. The van der Waals surface area contributed by atoms with Crippen LogP contribution >= 0.6 is 0 Å². The number of amides is 1. The van der Waals surface area contributed by atoms with Gasteiger partial charge in [-0.05, 0) is 0 Å². The van der Waals surface area contributed by atoms with E-state index in [0.717, 1.165) is 0 Å². The Morgan fingerprint density at radius 3 is 2.93 bits per heavy atom. The van der Waals surface area contributed by atoms with E-state index in [2.05, 4.69) is 0 Å². The van der Waals surface area contributed by atoms with Crippen LogP contribution in [-0.2, 0) is 14.3 Å². The molecule has 82 valence electrons. The summed E-state index contributed by atoms with van der Waals surface area (Å²) in [5.74, 6) is 0.239. The third-order valence-electron chi connectivity index (χ3n) is 2.36. The predicted octanol–water partition coefficient (Wildman–Crippen LogP) is 0.516. The number of morpholine rings is 1. The zero-order valence-corrected chi connectivity index (χ0v) is 9.16. The van der Waals surface area contributed by atoms with E-state index in [-0.39, 0.29) is 17.9 Å². The van der Waals surface area contributed by atoms with Gasteiger partial charge in [0.1, 0.15) is 0 Å². The Labute approximate surface area is 85.2 Å². The van der Waals surface area contributed by atoms with Gasteiger partial charge in [0.15, 0.2) is 0 Å². The molecule has 1 aliphatic rings. The van der Waals surface area contributed by atoms with Crippen molar-refractivity contribution >= 4 is 5.91 Å². The molecule has 1 unspecified atom stereocenters. The molecule has 1 rings (SSSR count). The van der Waals surface area contributed by atoms with Crippen LogP contribution in [0.4, 0.5) is 0 Å². The summed E-state index contributed by atoms with van der Waals surface area (Å²) in [6.45, 7) is 6.30. The molecule has 0 saturated carbocycles. The van der Waals surface area contributed by atoms with E-state index in [0.29, 0.717) is 26.4 Å².